The Labute approximate surface area is 129 Å². The summed E-state index contributed by atoms with van der Waals surface area (Å²) in [4.78, 5) is 33.2. The van der Waals surface area contributed by atoms with Gasteiger partial charge in [0.25, 0.3) is 0 Å². The summed E-state index contributed by atoms with van der Waals surface area (Å²) in [6.07, 6.45) is 0.805. The second-order valence-corrected chi connectivity index (χ2v) is 5.08. The average Bonchev–Trinajstić information content (AvgIpc) is 2.49. The molecule has 1 atom stereocenters. The molecule has 0 fully saturated rings. The molecule has 1 rings (SSSR count). The fourth-order valence-electron chi connectivity index (χ4n) is 1.65. The zero-order valence-corrected chi connectivity index (χ0v) is 12.8. The molecule has 0 aromatic heterocycles. The van der Waals surface area contributed by atoms with E-state index in [1.807, 2.05) is 0 Å². The van der Waals surface area contributed by atoms with Gasteiger partial charge in [0.1, 0.15) is 5.75 Å². The summed E-state index contributed by atoms with van der Waals surface area (Å²) < 4.78 is 5.47. The van der Waals surface area contributed by atoms with Crippen LogP contribution in [0.4, 0.5) is 0 Å². The Morgan fingerprint density at radius 3 is 2.41 bits per heavy atom. The van der Waals surface area contributed by atoms with Gasteiger partial charge in [-0.25, -0.2) is 0 Å². The quantitative estimate of drug-likeness (QED) is 0.537. The molecule has 1 aromatic carbocycles. The van der Waals surface area contributed by atoms with E-state index in [9.17, 15) is 14.4 Å². The minimum Gasteiger partial charge on any atom is -0.494 e. The minimum absolute atomic E-state index is 0.00110. The number of ether oxygens (including phenoxy) is 1. The Hall–Kier alpha value is -2.37. The van der Waals surface area contributed by atoms with Crippen LogP contribution in [0, 0.1) is 5.92 Å². The van der Waals surface area contributed by atoms with Gasteiger partial charge in [-0.15, -0.1) is 0 Å². The Kier molecular flexibility index (Phi) is 7.08. The molecule has 6 nitrogen and oxygen atoms in total. The van der Waals surface area contributed by atoms with Crippen LogP contribution < -0.4 is 10.1 Å². The number of benzene rings is 1. The Morgan fingerprint density at radius 1 is 1.23 bits per heavy atom. The standard InChI is InChI=1S/C16H21NO5/c1-11(16(20)21)10-17-15(19)4-3-9-22-14-7-5-13(6-8-14)12(2)18/h5-8,11H,3-4,9-10H2,1-2H3,(H,17,19)(H,20,21). The lowest BCUT2D eigenvalue weighted by atomic mass is 10.1. The molecule has 120 valence electrons. The number of Topliss-reactive ketones (excluding diaryl/α,β-unsaturated/α-hetero) is 1. The van der Waals surface area contributed by atoms with Crippen molar-refractivity contribution in [2.45, 2.75) is 26.7 Å². The van der Waals surface area contributed by atoms with Crippen LogP contribution in [0.15, 0.2) is 24.3 Å². The van der Waals surface area contributed by atoms with Crippen molar-refractivity contribution in [3.05, 3.63) is 29.8 Å². The molecule has 0 saturated heterocycles. The highest BCUT2D eigenvalue weighted by atomic mass is 16.5. The summed E-state index contributed by atoms with van der Waals surface area (Å²) in [7, 11) is 0. The average molecular weight is 307 g/mol. The number of carboxylic acid groups (broad SMARTS) is 1. The van der Waals surface area contributed by atoms with Gasteiger partial charge in [0.15, 0.2) is 5.78 Å². The molecule has 6 heteroatoms. The van der Waals surface area contributed by atoms with E-state index in [2.05, 4.69) is 5.32 Å². The molecule has 0 aliphatic heterocycles. The third-order valence-electron chi connectivity index (χ3n) is 3.10. The lowest BCUT2D eigenvalue weighted by Gasteiger charge is -2.09. The van der Waals surface area contributed by atoms with E-state index >= 15 is 0 Å². The topological polar surface area (TPSA) is 92.7 Å². The van der Waals surface area contributed by atoms with Gasteiger partial charge in [-0.05, 0) is 37.6 Å². The van der Waals surface area contributed by atoms with E-state index in [-0.39, 0.29) is 24.7 Å². The van der Waals surface area contributed by atoms with Crippen LogP contribution in [0.5, 0.6) is 5.75 Å². The van der Waals surface area contributed by atoms with Gasteiger partial charge in [0, 0.05) is 18.5 Å². The highest BCUT2D eigenvalue weighted by Crippen LogP contribution is 2.13. The van der Waals surface area contributed by atoms with Gasteiger partial charge in [-0.1, -0.05) is 6.92 Å². The van der Waals surface area contributed by atoms with Gasteiger partial charge >= 0.3 is 5.97 Å². The second-order valence-electron chi connectivity index (χ2n) is 5.08. The van der Waals surface area contributed by atoms with Crippen molar-refractivity contribution in [3.8, 4) is 5.75 Å². The third-order valence-corrected chi connectivity index (χ3v) is 3.10. The van der Waals surface area contributed by atoms with E-state index in [1.165, 1.54) is 13.8 Å². The summed E-state index contributed by atoms with van der Waals surface area (Å²) >= 11 is 0. The number of hydrogen-bond acceptors (Lipinski definition) is 4. The van der Waals surface area contributed by atoms with Crippen LogP contribution >= 0.6 is 0 Å². The number of rotatable bonds is 9. The second kappa shape index (κ2) is 8.81. The fraction of sp³-hybridized carbons (Fsp3) is 0.438. The number of carbonyl (C=O) groups is 3. The van der Waals surface area contributed by atoms with Crippen molar-refractivity contribution < 1.29 is 24.2 Å². The molecule has 22 heavy (non-hydrogen) atoms. The van der Waals surface area contributed by atoms with Crippen molar-refractivity contribution in [1.29, 1.82) is 0 Å². The van der Waals surface area contributed by atoms with E-state index in [0.717, 1.165) is 0 Å². The summed E-state index contributed by atoms with van der Waals surface area (Å²) in [6.45, 7) is 3.54. The Balaban J connectivity index is 2.20. The zero-order valence-electron chi connectivity index (χ0n) is 12.8. The first kappa shape index (κ1) is 17.7. The van der Waals surface area contributed by atoms with Crippen molar-refractivity contribution >= 4 is 17.7 Å². The summed E-state index contributed by atoms with van der Waals surface area (Å²) in [5.74, 6) is -1.08. The van der Waals surface area contributed by atoms with E-state index in [4.69, 9.17) is 9.84 Å². The maximum Gasteiger partial charge on any atom is 0.308 e. The van der Waals surface area contributed by atoms with Crippen molar-refractivity contribution in [3.63, 3.8) is 0 Å². The Bertz CT molecular complexity index is 524. The smallest absolute Gasteiger partial charge is 0.308 e. The summed E-state index contributed by atoms with van der Waals surface area (Å²) in [5, 5.41) is 11.3. The molecule has 0 bridgehead atoms. The van der Waals surface area contributed by atoms with Gasteiger partial charge < -0.3 is 15.2 Å². The van der Waals surface area contributed by atoms with Crippen molar-refractivity contribution in [2.24, 2.45) is 5.92 Å². The van der Waals surface area contributed by atoms with Crippen LogP contribution in [0.1, 0.15) is 37.0 Å². The summed E-state index contributed by atoms with van der Waals surface area (Å²) in [6, 6.07) is 6.81. The number of ketones is 1. The minimum atomic E-state index is -0.933. The van der Waals surface area contributed by atoms with E-state index in [0.29, 0.717) is 24.3 Å². The van der Waals surface area contributed by atoms with Gasteiger partial charge in [-0.3, -0.25) is 14.4 Å². The first-order chi connectivity index (χ1) is 10.4. The number of carbonyl (C=O) groups excluding carboxylic acids is 2. The monoisotopic (exact) mass is 307 g/mol. The van der Waals surface area contributed by atoms with Crippen LogP contribution in [0.3, 0.4) is 0 Å². The van der Waals surface area contributed by atoms with Gasteiger partial charge in [0.2, 0.25) is 5.91 Å². The van der Waals surface area contributed by atoms with E-state index < -0.39 is 11.9 Å². The maximum atomic E-state index is 11.5. The molecule has 0 heterocycles. The lowest BCUT2D eigenvalue weighted by Crippen LogP contribution is -2.31. The van der Waals surface area contributed by atoms with E-state index in [1.54, 1.807) is 24.3 Å². The molecule has 0 aliphatic rings. The summed E-state index contributed by atoms with van der Waals surface area (Å²) in [5.41, 5.74) is 0.624. The molecule has 1 unspecified atom stereocenters. The molecule has 1 amide bonds. The maximum absolute atomic E-state index is 11.5. The fourth-order valence-corrected chi connectivity index (χ4v) is 1.65. The van der Waals surface area contributed by atoms with Gasteiger partial charge in [-0.2, -0.15) is 0 Å². The van der Waals surface area contributed by atoms with Crippen LogP contribution in [-0.4, -0.2) is 35.9 Å². The normalized spacial score (nSPS) is 11.5. The predicted molar refractivity (Wildman–Crippen MR) is 81.0 cm³/mol. The van der Waals surface area contributed by atoms with Crippen LogP contribution in [0.2, 0.25) is 0 Å². The number of carboxylic acids is 1. The first-order valence-electron chi connectivity index (χ1n) is 7.13. The lowest BCUT2D eigenvalue weighted by molar-refractivity contribution is -0.141. The Morgan fingerprint density at radius 2 is 1.86 bits per heavy atom. The largest absolute Gasteiger partial charge is 0.494 e. The van der Waals surface area contributed by atoms with Crippen LogP contribution in [-0.2, 0) is 9.59 Å². The highest BCUT2D eigenvalue weighted by Gasteiger charge is 2.11. The molecule has 0 radical (unpaired) electrons. The van der Waals surface area contributed by atoms with Crippen LogP contribution in [0.25, 0.3) is 0 Å². The predicted octanol–water partition coefficient (Wildman–Crippen LogP) is 1.89. The zero-order chi connectivity index (χ0) is 16.5. The highest BCUT2D eigenvalue weighted by molar-refractivity contribution is 5.94. The molecule has 1 aromatic rings. The first-order valence-corrected chi connectivity index (χ1v) is 7.13. The third kappa shape index (κ3) is 6.39. The van der Waals surface area contributed by atoms with Crippen molar-refractivity contribution in [2.75, 3.05) is 13.2 Å². The molecular weight excluding hydrogens is 286 g/mol. The molecular formula is C16H21NO5. The molecule has 0 saturated carbocycles. The molecule has 2 N–H and O–H groups in total. The van der Waals surface area contributed by atoms with Gasteiger partial charge in [0.05, 0.1) is 12.5 Å². The number of aliphatic carboxylic acids is 1. The SMILES string of the molecule is CC(=O)c1ccc(OCCCC(=O)NCC(C)C(=O)O)cc1. The number of amides is 1. The van der Waals surface area contributed by atoms with Crippen molar-refractivity contribution in [1.82, 2.24) is 5.32 Å². The number of hydrogen-bond donors (Lipinski definition) is 2. The number of nitrogens with one attached hydrogen (secondary N) is 1. The molecule has 0 spiro atoms. The molecule has 0 aliphatic carbocycles.